The molecule has 3 N–H and O–H groups in total. The molecular formula is C14H21FN2O4S. The largest absolute Gasteiger partial charge is 0.469 e. The van der Waals surface area contributed by atoms with E-state index in [1.54, 1.807) is 6.92 Å². The zero-order valence-electron chi connectivity index (χ0n) is 12.6. The summed E-state index contributed by atoms with van der Waals surface area (Å²) in [6, 6.07) is 3.03. The molecule has 0 aliphatic heterocycles. The summed E-state index contributed by atoms with van der Waals surface area (Å²) in [6.45, 7) is 1.71. The van der Waals surface area contributed by atoms with Crippen LogP contribution in [0.3, 0.4) is 0 Å². The monoisotopic (exact) mass is 332 g/mol. The van der Waals surface area contributed by atoms with Gasteiger partial charge in [0.1, 0.15) is 5.82 Å². The van der Waals surface area contributed by atoms with Crippen LogP contribution in [0.25, 0.3) is 0 Å². The molecule has 124 valence electrons. The van der Waals surface area contributed by atoms with Gasteiger partial charge in [0.15, 0.2) is 0 Å². The summed E-state index contributed by atoms with van der Waals surface area (Å²) < 4.78 is 44.5. The van der Waals surface area contributed by atoms with Crippen LogP contribution in [0, 0.1) is 5.82 Å². The van der Waals surface area contributed by atoms with E-state index < -0.39 is 15.8 Å². The highest BCUT2D eigenvalue weighted by Gasteiger charge is 2.18. The highest BCUT2D eigenvalue weighted by atomic mass is 32.2. The number of sulfonamides is 1. The molecule has 1 unspecified atom stereocenters. The molecule has 1 aromatic carbocycles. The van der Waals surface area contributed by atoms with Crippen LogP contribution in [0.15, 0.2) is 23.1 Å². The number of hydrogen-bond donors (Lipinski definition) is 2. The minimum Gasteiger partial charge on any atom is -0.469 e. The molecule has 1 rings (SSSR count). The molecule has 0 aliphatic rings. The average Bonchev–Trinajstić information content (AvgIpc) is 2.45. The number of anilines is 1. The number of nitrogen functional groups attached to an aromatic ring is 1. The number of hydrogen-bond acceptors (Lipinski definition) is 5. The van der Waals surface area contributed by atoms with Gasteiger partial charge in [-0.25, -0.2) is 17.5 Å². The first kappa shape index (κ1) is 18.4. The maximum Gasteiger partial charge on any atom is 0.305 e. The Bertz CT molecular complexity index is 619. The number of ether oxygens (including phenoxy) is 1. The fourth-order valence-corrected chi connectivity index (χ4v) is 3.18. The van der Waals surface area contributed by atoms with Gasteiger partial charge in [0.25, 0.3) is 0 Å². The van der Waals surface area contributed by atoms with E-state index >= 15 is 0 Å². The Morgan fingerprint density at radius 2 is 2.09 bits per heavy atom. The van der Waals surface area contributed by atoms with Gasteiger partial charge in [-0.15, -0.1) is 0 Å². The Kier molecular flexibility index (Phi) is 6.76. The minimum absolute atomic E-state index is 0.102. The quantitative estimate of drug-likeness (QED) is 0.430. The Hall–Kier alpha value is -1.67. The molecule has 0 aromatic heterocycles. The number of carbonyl (C=O) groups is 1. The van der Waals surface area contributed by atoms with Crippen molar-refractivity contribution in [3.05, 3.63) is 24.0 Å². The molecule has 0 amide bonds. The molecule has 8 heteroatoms. The number of unbranched alkanes of at least 4 members (excludes halogenated alkanes) is 1. The SMILES string of the molecule is COC(=O)CCCCC(C)NS(=O)(=O)c1ccc(N)c(F)c1. The summed E-state index contributed by atoms with van der Waals surface area (Å²) in [7, 11) is -2.47. The molecule has 1 aromatic rings. The summed E-state index contributed by atoms with van der Waals surface area (Å²) in [6.07, 6.45) is 2.16. The van der Waals surface area contributed by atoms with E-state index in [4.69, 9.17) is 5.73 Å². The van der Waals surface area contributed by atoms with Crippen molar-refractivity contribution in [2.75, 3.05) is 12.8 Å². The van der Waals surface area contributed by atoms with Gasteiger partial charge in [-0.2, -0.15) is 0 Å². The van der Waals surface area contributed by atoms with Crippen molar-refractivity contribution >= 4 is 21.7 Å². The summed E-state index contributed by atoms with van der Waals surface area (Å²) in [5.41, 5.74) is 5.22. The fourth-order valence-electron chi connectivity index (χ4n) is 1.89. The summed E-state index contributed by atoms with van der Waals surface area (Å²) >= 11 is 0. The standard InChI is InChI=1S/C14H21FN2O4S/c1-10(5-3-4-6-14(18)21-2)17-22(19,20)11-7-8-13(16)12(15)9-11/h7-10,17H,3-6,16H2,1-2H3. The fraction of sp³-hybridized carbons (Fsp3) is 0.500. The molecule has 0 spiro atoms. The Labute approximate surface area is 129 Å². The highest BCUT2D eigenvalue weighted by molar-refractivity contribution is 7.89. The van der Waals surface area contributed by atoms with E-state index in [2.05, 4.69) is 9.46 Å². The highest BCUT2D eigenvalue weighted by Crippen LogP contribution is 2.17. The first-order chi connectivity index (χ1) is 10.3. The van der Waals surface area contributed by atoms with Crippen LogP contribution >= 0.6 is 0 Å². The Balaban J connectivity index is 2.53. The van der Waals surface area contributed by atoms with Gasteiger partial charge < -0.3 is 10.5 Å². The van der Waals surface area contributed by atoms with Crippen molar-refractivity contribution < 1.29 is 22.3 Å². The topological polar surface area (TPSA) is 98.5 Å². The van der Waals surface area contributed by atoms with Gasteiger partial charge in [0.05, 0.1) is 17.7 Å². The van der Waals surface area contributed by atoms with Gasteiger partial charge >= 0.3 is 5.97 Å². The number of methoxy groups -OCH3 is 1. The molecular weight excluding hydrogens is 311 g/mol. The molecule has 1 atom stereocenters. The lowest BCUT2D eigenvalue weighted by atomic mass is 10.1. The lowest BCUT2D eigenvalue weighted by Gasteiger charge is -2.14. The predicted molar refractivity (Wildman–Crippen MR) is 81.1 cm³/mol. The van der Waals surface area contributed by atoms with Crippen LogP contribution in [0.1, 0.15) is 32.6 Å². The van der Waals surface area contributed by atoms with Crippen molar-refractivity contribution in [2.24, 2.45) is 0 Å². The van der Waals surface area contributed by atoms with Crippen molar-refractivity contribution in [3.8, 4) is 0 Å². The van der Waals surface area contributed by atoms with Crippen LogP contribution < -0.4 is 10.5 Å². The number of rotatable bonds is 8. The molecule has 22 heavy (non-hydrogen) atoms. The van der Waals surface area contributed by atoms with Crippen molar-refractivity contribution in [3.63, 3.8) is 0 Å². The molecule has 0 bridgehead atoms. The molecule has 0 saturated heterocycles. The van der Waals surface area contributed by atoms with Gasteiger partial charge in [-0.05, 0) is 38.0 Å². The van der Waals surface area contributed by atoms with Gasteiger partial charge in [0, 0.05) is 12.5 Å². The van der Waals surface area contributed by atoms with Gasteiger partial charge in [-0.1, -0.05) is 6.42 Å². The summed E-state index contributed by atoms with van der Waals surface area (Å²) in [4.78, 5) is 10.8. The van der Waals surface area contributed by atoms with Crippen molar-refractivity contribution in [1.29, 1.82) is 0 Å². The molecule has 0 aliphatic carbocycles. The first-order valence-electron chi connectivity index (χ1n) is 6.90. The first-order valence-corrected chi connectivity index (χ1v) is 8.38. The van der Waals surface area contributed by atoms with Crippen LogP contribution in [0.5, 0.6) is 0 Å². The van der Waals surface area contributed by atoms with E-state index in [1.165, 1.54) is 19.2 Å². The second-order valence-electron chi connectivity index (χ2n) is 5.03. The molecule has 0 saturated carbocycles. The number of benzene rings is 1. The van der Waals surface area contributed by atoms with Crippen LogP contribution in [-0.4, -0.2) is 27.5 Å². The van der Waals surface area contributed by atoms with Crippen LogP contribution in [-0.2, 0) is 19.6 Å². The van der Waals surface area contributed by atoms with E-state index in [0.717, 1.165) is 6.07 Å². The molecule has 0 fully saturated rings. The molecule has 0 radical (unpaired) electrons. The number of nitrogens with one attached hydrogen (secondary N) is 1. The number of nitrogens with two attached hydrogens (primary N) is 1. The third-order valence-corrected chi connectivity index (χ3v) is 4.72. The van der Waals surface area contributed by atoms with E-state index in [1.807, 2.05) is 0 Å². The maximum absolute atomic E-state index is 13.3. The molecule has 0 heterocycles. The minimum atomic E-state index is -3.79. The normalized spacial score (nSPS) is 12.9. The Morgan fingerprint density at radius 1 is 1.41 bits per heavy atom. The lowest BCUT2D eigenvalue weighted by molar-refractivity contribution is -0.140. The third kappa shape index (κ3) is 5.61. The van der Waals surface area contributed by atoms with Gasteiger partial charge in [-0.3, -0.25) is 4.79 Å². The second kappa shape index (κ2) is 8.09. The third-order valence-electron chi connectivity index (χ3n) is 3.13. The van der Waals surface area contributed by atoms with E-state index in [-0.39, 0.29) is 22.6 Å². The number of esters is 1. The summed E-state index contributed by atoms with van der Waals surface area (Å²) in [5.74, 6) is -1.06. The smallest absolute Gasteiger partial charge is 0.305 e. The average molecular weight is 332 g/mol. The zero-order valence-corrected chi connectivity index (χ0v) is 13.5. The van der Waals surface area contributed by atoms with Crippen molar-refractivity contribution in [1.82, 2.24) is 4.72 Å². The van der Waals surface area contributed by atoms with E-state index in [0.29, 0.717) is 25.7 Å². The second-order valence-corrected chi connectivity index (χ2v) is 6.74. The molecule has 6 nitrogen and oxygen atoms in total. The van der Waals surface area contributed by atoms with Crippen LogP contribution in [0.4, 0.5) is 10.1 Å². The Morgan fingerprint density at radius 3 is 2.68 bits per heavy atom. The maximum atomic E-state index is 13.3. The van der Waals surface area contributed by atoms with E-state index in [9.17, 15) is 17.6 Å². The zero-order chi connectivity index (χ0) is 16.8. The van der Waals surface area contributed by atoms with Crippen LogP contribution in [0.2, 0.25) is 0 Å². The van der Waals surface area contributed by atoms with Gasteiger partial charge in [0.2, 0.25) is 10.0 Å². The van der Waals surface area contributed by atoms with Crippen molar-refractivity contribution in [2.45, 2.75) is 43.5 Å². The lowest BCUT2D eigenvalue weighted by Crippen LogP contribution is -2.32. The number of carbonyl (C=O) groups excluding carboxylic acids is 1. The summed E-state index contributed by atoms with van der Waals surface area (Å²) in [5, 5.41) is 0. The predicted octanol–water partition coefficient (Wildman–Crippen LogP) is 1.81. The number of halogens is 1.